The molecule has 0 spiro atoms. The molecule has 0 saturated heterocycles. The molecule has 0 fully saturated rings. The number of nitrogens with zero attached hydrogens (tertiary/aromatic N) is 2. The molecule has 0 aliphatic carbocycles. The van der Waals surface area contributed by atoms with Crippen molar-refractivity contribution in [1.29, 1.82) is 0 Å². The minimum Gasteiger partial charge on any atom is -0.496 e. The van der Waals surface area contributed by atoms with E-state index in [0.29, 0.717) is 18.7 Å². The van der Waals surface area contributed by atoms with E-state index < -0.39 is 4.92 Å². The van der Waals surface area contributed by atoms with Crippen molar-refractivity contribution in [3.8, 4) is 5.75 Å². The average Bonchev–Trinajstić information content (AvgIpc) is 2.63. The van der Waals surface area contributed by atoms with E-state index >= 15 is 0 Å². The van der Waals surface area contributed by atoms with Gasteiger partial charge in [-0.25, -0.2) is 0 Å². The first-order valence-corrected chi connectivity index (χ1v) is 8.38. The molecule has 26 heavy (non-hydrogen) atoms. The van der Waals surface area contributed by atoms with Crippen LogP contribution in [0.3, 0.4) is 0 Å². The number of amides is 1. The molecular weight excluding hydrogens is 334 g/mol. The lowest BCUT2D eigenvalue weighted by Gasteiger charge is -2.40. The number of rotatable bonds is 5. The molecule has 136 valence electrons. The van der Waals surface area contributed by atoms with Gasteiger partial charge in [0.05, 0.1) is 18.0 Å². The zero-order valence-electron chi connectivity index (χ0n) is 14.7. The number of nitro benzene ring substituents is 1. The minimum absolute atomic E-state index is 0.0220. The molecule has 7 nitrogen and oxygen atoms in total. The standard InChI is InChI=1S/C19H21N3O4/c1-12-9-16(19(20)23)15-5-3-4-6-17(15)21(12)11-13-10-14(22(24)25)7-8-18(13)26-2/h3-8,10,12,16H,9,11H2,1-2H3,(H2,20,23)/t12-,16+/m0/s1. The predicted octanol–water partition coefficient (Wildman–Crippen LogP) is 2.97. The van der Waals surface area contributed by atoms with Crippen LogP contribution < -0.4 is 15.4 Å². The van der Waals surface area contributed by atoms with Gasteiger partial charge in [-0.2, -0.15) is 0 Å². The van der Waals surface area contributed by atoms with Gasteiger partial charge in [0.25, 0.3) is 5.69 Å². The molecule has 0 saturated carbocycles. The molecule has 2 N–H and O–H groups in total. The monoisotopic (exact) mass is 355 g/mol. The van der Waals surface area contributed by atoms with E-state index in [-0.39, 0.29) is 23.6 Å². The van der Waals surface area contributed by atoms with E-state index in [2.05, 4.69) is 4.90 Å². The van der Waals surface area contributed by atoms with E-state index in [1.165, 1.54) is 12.1 Å². The number of ether oxygens (including phenoxy) is 1. The number of hydrogen-bond acceptors (Lipinski definition) is 5. The van der Waals surface area contributed by atoms with Gasteiger partial charge in [0.2, 0.25) is 5.91 Å². The molecule has 0 radical (unpaired) electrons. The second-order valence-corrected chi connectivity index (χ2v) is 6.48. The predicted molar refractivity (Wildman–Crippen MR) is 98.3 cm³/mol. The van der Waals surface area contributed by atoms with Crippen LogP contribution in [-0.2, 0) is 11.3 Å². The number of methoxy groups -OCH3 is 1. The summed E-state index contributed by atoms with van der Waals surface area (Å²) in [6.07, 6.45) is 0.601. The Bertz CT molecular complexity index is 852. The zero-order valence-corrected chi connectivity index (χ0v) is 14.7. The Kier molecular flexibility index (Phi) is 4.79. The Balaban J connectivity index is 2.02. The third-order valence-corrected chi connectivity index (χ3v) is 4.89. The van der Waals surface area contributed by atoms with E-state index in [1.807, 2.05) is 31.2 Å². The second kappa shape index (κ2) is 7.03. The van der Waals surface area contributed by atoms with Gasteiger partial charge in [-0.05, 0) is 31.0 Å². The third-order valence-electron chi connectivity index (χ3n) is 4.89. The molecule has 1 heterocycles. The van der Waals surface area contributed by atoms with Crippen LogP contribution in [0.2, 0.25) is 0 Å². The molecule has 0 unspecified atom stereocenters. The normalized spacial score (nSPS) is 18.9. The number of anilines is 1. The number of para-hydroxylation sites is 1. The molecule has 3 rings (SSSR count). The lowest BCUT2D eigenvalue weighted by molar-refractivity contribution is -0.384. The minimum atomic E-state index is -0.417. The Morgan fingerprint density at radius 1 is 1.35 bits per heavy atom. The van der Waals surface area contributed by atoms with E-state index in [1.54, 1.807) is 13.2 Å². The summed E-state index contributed by atoms with van der Waals surface area (Å²) in [4.78, 5) is 24.7. The van der Waals surface area contributed by atoms with Gasteiger partial charge in [-0.1, -0.05) is 18.2 Å². The van der Waals surface area contributed by atoms with Crippen LogP contribution >= 0.6 is 0 Å². The molecule has 0 aromatic heterocycles. The summed E-state index contributed by atoms with van der Waals surface area (Å²) in [6.45, 7) is 2.46. The first-order valence-electron chi connectivity index (χ1n) is 8.38. The SMILES string of the molecule is COc1ccc([N+](=O)[O-])cc1CN1c2ccccc2[C@H](C(N)=O)C[C@@H]1C. The Hall–Kier alpha value is -3.09. The highest BCUT2D eigenvalue weighted by atomic mass is 16.6. The molecule has 1 aliphatic rings. The van der Waals surface area contributed by atoms with Crippen molar-refractivity contribution in [3.63, 3.8) is 0 Å². The van der Waals surface area contributed by atoms with Crippen molar-refractivity contribution in [2.24, 2.45) is 5.73 Å². The maximum atomic E-state index is 11.9. The topological polar surface area (TPSA) is 98.7 Å². The summed E-state index contributed by atoms with van der Waals surface area (Å²) >= 11 is 0. The number of fused-ring (bicyclic) bond motifs is 1. The van der Waals surface area contributed by atoms with Gasteiger partial charge in [-0.3, -0.25) is 14.9 Å². The van der Waals surface area contributed by atoms with E-state index in [0.717, 1.165) is 16.8 Å². The fourth-order valence-electron chi connectivity index (χ4n) is 3.57. The van der Waals surface area contributed by atoms with Crippen LogP contribution in [0.25, 0.3) is 0 Å². The number of carbonyl (C=O) groups is 1. The van der Waals surface area contributed by atoms with E-state index in [4.69, 9.17) is 10.5 Å². The maximum absolute atomic E-state index is 11.9. The summed E-state index contributed by atoms with van der Waals surface area (Å²) in [7, 11) is 1.54. The zero-order chi connectivity index (χ0) is 18.8. The second-order valence-electron chi connectivity index (χ2n) is 6.48. The third kappa shape index (κ3) is 3.20. The van der Waals surface area contributed by atoms with Crippen molar-refractivity contribution in [3.05, 3.63) is 63.7 Å². The number of non-ortho nitro benzene ring substituents is 1. The fraction of sp³-hybridized carbons (Fsp3) is 0.316. The lowest BCUT2D eigenvalue weighted by Crippen LogP contribution is -2.41. The van der Waals surface area contributed by atoms with Crippen molar-refractivity contribution in [2.75, 3.05) is 12.0 Å². The van der Waals surface area contributed by atoms with Crippen LogP contribution in [0.5, 0.6) is 5.75 Å². The van der Waals surface area contributed by atoms with Gasteiger partial charge >= 0.3 is 0 Å². The van der Waals surface area contributed by atoms with Crippen LogP contribution in [-0.4, -0.2) is 24.0 Å². The summed E-state index contributed by atoms with van der Waals surface area (Å²) in [6, 6.07) is 12.3. The number of primary amides is 1. The van der Waals surface area contributed by atoms with Gasteiger partial charge < -0.3 is 15.4 Å². The quantitative estimate of drug-likeness (QED) is 0.657. The number of carbonyl (C=O) groups excluding carboxylic acids is 1. The van der Waals surface area contributed by atoms with Gasteiger partial charge in [0.15, 0.2) is 0 Å². The summed E-state index contributed by atoms with van der Waals surface area (Å²) in [5, 5.41) is 11.1. The molecular formula is C19H21N3O4. The molecule has 1 aliphatic heterocycles. The number of nitrogens with two attached hydrogens (primary N) is 1. The molecule has 2 aromatic rings. The number of benzene rings is 2. The Morgan fingerprint density at radius 2 is 2.08 bits per heavy atom. The van der Waals surface area contributed by atoms with Crippen molar-refractivity contribution in [2.45, 2.75) is 31.8 Å². The first kappa shape index (κ1) is 17.7. The summed E-state index contributed by atoms with van der Waals surface area (Å²) in [5.74, 6) is -0.0707. The van der Waals surface area contributed by atoms with Crippen molar-refractivity contribution in [1.82, 2.24) is 0 Å². The van der Waals surface area contributed by atoms with Crippen molar-refractivity contribution >= 4 is 17.3 Å². The number of hydrogen-bond donors (Lipinski definition) is 1. The highest BCUT2D eigenvalue weighted by Crippen LogP contribution is 2.40. The van der Waals surface area contributed by atoms with Crippen LogP contribution in [0.15, 0.2) is 42.5 Å². The highest BCUT2D eigenvalue weighted by Gasteiger charge is 2.33. The maximum Gasteiger partial charge on any atom is 0.270 e. The number of nitro groups is 1. The summed E-state index contributed by atoms with van der Waals surface area (Å²) in [5.41, 5.74) is 8.14. The molecule has 0 bridgehead atoms. The van der Waals surface area contributed by atoms with Crippen LogP contribution in [0, 0.1) is 10.1 Å². The highest BCUT2D eigenvalue weighted by molar-refractivity contribution is 5.85. The van der Waals surface area contributed by atoms with Crippen LogP contribution in [0.1, 0.15) is 30.4 Å². The Morgan fingerprint density at radius 3 is 2.73 bits per heavy atom. The Labute approximate surface area is 151 Å². The molecule has 1 amide bonds. The molecule has 2 aromatic carbocycles. The molecule has 2 atom stereocenters. The smallest absolute Gasteiger partial charge is 0.270 e. The lowest BCUT2D eigenvalue weighted by atomic mass is 9.85. The van der Waals surface area contributed by atoms with E-state index in [9.17, 15) is 14.9 Å². The molecule has 7 heteroatoms. The fourth-order valence-corrected chi connectivity index (χ4v) is 3.57. The van der Waals surface area contributed by atoms with Crippen molar-refractivity contribution < 1.29 is 14.5 Å². The van der Waals surface area contributed by atoms with Gasteiger partial charge in [0, 0.05) is 36.0 Å². The first-order chi connectivity index (χ1) is 12.4. The van der Waals surface area contributed by atoms with Gasteiger partial charge in [-0.15, -0.1) is 0 Å². The average molecular weight is 355 g/mol. The largest absolute Gasteiger partial charge is 0.496 e. The summed E-state index contributed by atoms with van der Waals surface area (Å²) < 4.78 is 5.38. The van der Waals surface area contributed by atoms with Gasteiger partial charge in [0.1, 0.15) is 5.75 Å². The van der Waals surface area contributed by atoms with Crippen LogP contribution in [0.4, 0.5) is 11.4 Å².